The van der Waals surface area contributed by atoms with Gasteiger partial charge in [0.15, 0.2) is 0 Å². The summed E-state index contributed by atoms with van der Waals surface area (Å²) in [5.41, 5.74) is 4.78. The van der Waals surface area contributed by atoms with E-state index in [2.05, 4.69) is 10.4 Å². The number of nitrogens with two attached hydrogens (primary N) is 1. The summed E-state index contributed by atoms with van der Waals surface area (Å²) < 4.78 is 39.9. The number of rotatable bonds is 3. The Bertz CT molecular complexity index is 431. The molecule has 0 amide bonds. The first-order chi connectivity index (χ1) is 7.81. The molecule has 0 unspecified atom stereocenters. The SMILES string of the molecule is CCn1nc(C)c(N)c1NC1(C(F)(F)F)CC1. The maximum atomic E-state index is 12.8. The van der Waals surface area contributed by atoms with E-state index < -0.39 is 11.7 Å². The minimum absolute atomic E-state index is 0.0872. The topological polar surface area (TPSA) is 55.9 Å². The van der Waals surface area contributed by atoms with E-state index in [9.17, 15) is 13.2 Å². The average molecular weight is 248 g/mol. The Morgan fingerprint density at radius 1 is 1.47 bits per heavy atom. The van der Waals surface area contributed by atoms with Gasteiger partial charge in [0.05, 0.1) is 11.4 Å². The number of aromatic nitrogens is 2. The quantitative estimate of drug-likeness (QED) is 0.863. The summed E-state index contributed by atoms with van der Waals surface area (Å²) >= 11 is 0. The molecule has 1 saturated carbocycles. The number of aryl methyl sites for hydroxylation is 2. The van der Waals surface area contributed by atoms with E-state index in [1.807, 2.05) is 6.92 Å². The Hall–Kier alpha value is -1.40. The van der Waals surface area contributed by atoms with Crippen LogP contribution in [0.15, 0.2) is 0 Å². The second kappa shape index (κ2) is 3.54. The molecule has 7 heteroatoms. The van der Waals surface area contributed by atoms with Crippen LogP contribution in [0.4, 0.5) is 24.7 Å². The summed E-state index contributed by atoms with van der Waals surface area (Å²) in [4.78, 5) is 0. The van der Waals surface area contributed by atoms with Crippen molar-refractivity contribution in [2.24, 2.45) is 0 Å². The molecule has 0 radical (unpaired) electrons. The molecule has 96 valence electrons. The van der Waals surface area contributed by atoms with Gasteiger partial charge >= 0.3 is 6.18 Å². The standard InChI is InChI=1S/C10H15F3N4/c1-3-17-8(7(14)6(2)16-17)15-9(4-5-9)10(11,12)13/h15H,3-5,14H2,1-2H3. The number of nitrogen functional groups attached to an aromatic ring is 1. The molecule has 17 heavy (non-hydrogen) atoms. The van der Waals surface area contributed by atoms with Crippen molar-refractivity contribution in [2.45, 2.75) is 44.9 Å². The molecule has 1 aliphatic carbocycles. The Kier molecular flexibility index (Phi) is 2.52. The van der Waals surface area contributed by atoms with E-state index in [1.165, 1.54) is 4.68 Å². The van der Waals surface area contributed by atoms with E-state index in [0.717, 1.165) is 0 Å². The summed E-state index contributed by atoms with van der Waals surface area (Å²) in [5.74, 6) is 0.278. The molecule has 4 nitrogen and oxygen atoms in total. The second-order valence-electron chi connectivity index (χ2n) is 4.37. The fourth-order valence-corrected chi connectivity index (χ4v) is 1.79. The summed E-state index contributed by atoms with van der Waals surface area (Å²) in [6, 6.07) is 0. The van der Waals surface area contributed by atoms with E-state index in [1.54, 1.807) is 6.92 Å². The number of alkyl halides is 3. The van der Waals surface area contributed by atoms with Crippen LogP contribution in [0.25, 0.3) is 0 Å². The van der Waals surface area contributed by atoms with Crippen molar-refractivity contribution in [3.63, 3.8) is 0 Å². The van der Waals surface area contributed by atoms with Gasteiger partial charge in [0.2, 0.25) is 0 Å². The molecule has 0 atom stereocenters. The fourth-order valence-electron chi connectivity index (χ4n) is 1.79. The van der Waals surface area contributed by atoms with Gasteiger partial charge in [-0.3, -0.25) is 0 Å². The fraction of sp³-hybridized carbons (Fsp3) is 0.700. The lowest BCUT2D eigenvalue weighted by atomic mass is 10.2. The lowest BCUT2D eigenvalue weighted by Crippen LogP contribution is -2.39. The van der Waals surface area contributed by atoms with Crippen LogP contribution in [0.5, 0.6) is 0 Å². The molecule has 0 spiro atoms. The smallest absolute Gasteiger partial charge is 0.394 e. The maximum absolute atomic E-state index is 12.8. The van der Waals surface area contributed by atoms with E-state index in [4.69, 9.17) is 5.73 Å². The summed E-state index contributed by atoms with van der Waals surface area (Å²) in [6.07, 6.45) is -4.08. The Balaban J connectivity index is 2.31. The number of hydrogen-bond acceptors (Lipinski definition) is 3. The first-order valence-corrected chi connectivity index (χ1v) is 5.48. The number of nitrogens with zero attached hydrogens (tertiary/aromatic N) is 2. The van der Waals surface area contributed by atoms with Crippen LogP contribution in [0.2, 0.25) is 0 Å². The second-order valence-corrected chi connectivity index (χ2v) is 4.37. The highest BCUT2D eigenvalue weighted by molar-refractivity contribution is 5.66. The zero-order valence-corrected chi connectivity index (χ0v) is 9.73. The summed E-state index contributed by atoms with van der Waals surface area (Å²) in [6.45, 7) is 3.97. The van der Waals surface area contributed by atoms with Gasteiger partial charge in [-0.15, -0.1) is 0 Å². The third kappa shape index (κ3) is 1.83. The zero-order valence-electron chi connectivity index (χ0n) is 9.73. The Labute approximate surface area is 97.0 Å². The van der Waals surface area contributed by atoms with Gasteiger partial charge in [-0.1, -0.05) is 0 Å². The molecular weight excluding hydrogens is 233 g/mol. The molecule has 1 aromatic rings. The lowest BCUT2D eigenvalue weighted by molar-refractivity contribution is -0.151. The van der Waals surface area contributed by atoms with Crippen molar-refractivity contribution in [3.05, 3.63) is 5.69 Å². The van der Waals surface area contributed by atoms with Gasteiger partial charge in [0.25, 0.3) is 0 Å². The Morgan fingerprint density at radius 3 is 2.47 bits per heavy atom. The third-order valence-corrected chi connectivity index (χ3v) is 3.12. The van der Waals surface area contributed by atoms with Crippen molar-refractivity contribution in [3.8, 4) is 0 Å². The number of hydrogen-bond donors (Lipinski definition) is 2. The molecule has 1 heterocycles. The van der Waals surface area contributed by atoms with Crippen molar-refractivity contribution < 1.29 is 13.2 Å². The molecule has 2 rings (SSSR count). The van der Waals surface area contributed by atoms with Crippen LogP contribution in [0.3, 0.4) is 0 Å². The first-order valence-electron chi connectivity index (χ1n) is 5.48. The minimum Gasteiger partial charge on any atom is -0.394 e. The first kappa shape index (κ1) is 12.1. The zero-order chi connectivity index (χ0) is 12.8. The van der Waals surface area contributed by atoms with Crippen molar-refractivity contribution in [1.29, 1.82) is 0 Å². The predicted octanol–water partition coefficient (Wildman–Crippen LogP) is 2.30. The van der Waals surface area contributed by atoms with Crippen LogP contribution >= 0.6 is 0 Å². The van der Waals surface area contributed by atoms with Crippen LogP contribution in [-0.4, -0.2) is 21.5 Å². The average Bonchev–Trinajstić information content (AvgIpc) is 2.96. The normalized spacial score (nSPS) is 18.2. The highest BCUT2D eigenvalue weighted by Gasteiger charge is 2.64. The monoisotopic (exact) mass is 248 g/mol. The lowest BCUT2D eigenvalue weighted by Gasteiger charge is -2.22. The van der Waals surface area contributed by atoms with Crippen molar-refractivity contribution in [1.82, 2.24) is 9.78 Å². The van der Waals surface area contributed by atoms with Crippen LogP contribution < -0.4 is 11.1 Å². The van der Waals surface area contributed by atoms with Gasteiger partial charge in [0, 0.05) is 6.54 Å². The van der Waals surface area contributed by atoms with Crippen LogP contribution in [-0.2, 0) is 6.54 Å². The summed E-state index contributed by atoms with van der Waals surface area (Å²) in [5, 5.41) is 6.61. The third-order valence-electron chi connectivity index (χ3n) is 3.12. The molecule has 1 aromatic heterocycles. The van der Waals surface area contributed by atoms with Crippen LogP contribution in [0, 0.1) is 6.92 Å². The van der Waals surface area contributed by atoms with Gasteiger partial charge in [0.1, 0.15) is 11.4 Å². The number of anilines is 2. The van der Waals surface area contributed by atoms with E-state index in [-0.39, 0.29) is 18.7 Å². The van der Waals surface area contributed by atoms with E-state index in [0.29, 0.717) is 17.9 Å². The molecule has 0 saturated heterocycles. The number of halogens is 3. The van der Waals surface area contributed by atoms with Gasteiger partial charge in [-0.2, -0.15) is 18.3 Å². The van der Waals surface area contributed by atoms with Gasteiger partial charge < -0.3 is 11.1 Å². The van der Waals surface area contributed by atoms with Gasteiger partial charge in [-0.05, 0) is 26.7 Å². The van der Waals surface area contributed by atoms with Crippen molar-refractivity contribution in [2.75, 3.05) is 11.1 Å². The molecule has 0 aliphatic heterocycles. The van der Waals surface area contributed by atoms with E-state index >= 15 is 0 Å². The maximum Gasteiger partial charge on any atom is 0.411 e. The predicted molar refractivity (Wildman–Crippen MR) is 58.7 cm³/mol. The summed E-state index contributed by atoms with van der Waals surface area (Å²) in [7, 11) is 0. The molecular formula is C10H15F3N4. The van der Waals surface area contributed by atoms with Gasteiger partial charge in [-0.25, -0.2) is 4.68 Å². The molecule has 0 aromatic carbocycles. The Morgan fingerprint density at radius 2 is 2.06 bits per heavy atom. The molecule has 3 N–H and O–H groups in total. The highest BCUT2D eigenvalue weighted by Crippen LogP contribution is 2.51. The van der Waals surface area contributed by atoms with Crippen molar-refractivity contribution >= 4 is 11.5 Å². The highest BCUT2D eigenvalue weighted by atomic mass is 19.4. The molecule has 1 fully saturated rings. The van der Waals surface area contributed by atoms with Crippen LogP contribution in [0.1, 0.15) is 25.5 Å². The molecule has 0 bridgehead atoms. The molecule has 1 aliphatic rings. The minimum atomic E-state index is -4.25. The largest absolute Gasteiger partial charge is 0.411 e. The number of nitrogens with one attached hydrogen (secondary N) is 1.